The Morgan fingerprint density at radius 1 is 0.969 bits per heavy atom. The van der Waals surface area contributed by atoms with E-state index < -0.39 is 5.76 Å². The smallest absolute Gasteiger partial charge is 0.408 e. The Bertz CT molecular complexity index is 1330. The number of nitrogens with zero attached hydrogens (tertiary/aromatic N) is 3. The fraction of sp³-hybridized carbons (Fsp3) is 0.200. The predicted molar refractivity (Wildman–Crippen MR) is 125 cm³/mol. The molecule has 162 valence electrons. The average Bonchev–Trinajstić information content (AvgIpc) is 3.10. The lowest BCUT2D eigenvalue weighted by Gasteiger charge is -2.09. The molecule has 7 nitrogen and oxygen atoms in total. The molecule has 3 aromatic carbocycles. The molecular formula is C25H24N4O3. The number of rotatable bonds is 7. The molecule has 0 spiro atoms. The Hall–Kier alpha value is -4.00. The van der Waals surface area contributed by atoms with E-state index in [0.717, 1.165) is 22.3 Å². The first-order valence-corrected chi connectivity index (χ1v) is 10.5. The molecule has 0 aliphatic carbocycles. The Morgan fingerprint density at radius 2 is 1.72 bits per heavy atom. The van der Waals surface area contributed by atoms with Gasteiger partial charge < -0.3 is 9.73 Å². The molecule has 0 saturated carbocycles. The van der Waals surface area contributed by atoms with Crippen molar-refractivity contribution in [1.82, 2.24) is 4.57 Å². The van der Waals surface area contributed by atoms with Crippen LogP contribution < -0.4 is 11.1 Å². The van der Waals surface area contributed by atoms with Crippen molar-refractivity contribution in [3.8, 4) is 0 Å². The normalized spacial score (nSPS) is 11.3. The molecule has 1 heterocycles. The number of oxazole rings is 1. The van der Waals surface area contributed by atoms with Crippen LogP contribution in [-0.4, -0.2) is 10.5 Å². The van der Waals surface area contributed by atoms with Gasteiger partial charge in [0.15, 0.2) is 5.58 Å². The largest absolute Gasteiger partial charge is 0.419 e. The molecule has 1 aromatic heterocycles. The van der Waals surface area contributed by atoms with E-state index in [1.54, 1.807) is 10.6 Å². The van der Waals surface area contributed by atoms with Gasteiger partial charge in [-0.15, -0.1) is 5.11 Å². The van der Waals surface area contributed by atoms with Crippen LogP contribution in [0.4, 0.5) is 17.1 Å². The van der Waals surface area contributed by atoms with Gasteiger partial charge in [0.1, 0.15) is 5.69 Å². The summed E-state index contributed by atoms with van der Waals surface area (Å²) in [6.45, 7) is 4.38. The lowest BCUT2D eigenvalue weighted by molar-refractivity contribution is -0.116. The number of carbonyl (C=O) groups excluding carboxylic acids is 1. The summed E-state index contributed by atoms with van der Waals surface area (Å²) in [6, 6.07) is 20.6. The highest BCUT2D eigenvalue weighted by atomic mass is 16.4. The molecule has 4 aromatic rings. The highest BCUT2D eigenvalue weighted by molar-refractivity contribution is 5.93. The molecule has 1 amide bonds. The standard InChI is InChI=1S/C25H24N4O3/c1-17-9-12-19(13-10-17)27-28-21-16-18(2)11-14-20(21)26-24(30)8-5-15-29-22-6-3-4-7-23(22)32-25(29)31/h3-4,6-7,9-14,16H,5,8,15H2,1-2H3,(H,26,30). The summed E-state index contributed by atoms with van der Waals surface area (Å²) < 4.78 is 6.78. The third kappa shape index (κ3) is 5.00. The van der Waals surface area contributed by atoms with Crippen molar-refractivity contribution >= 4 is 34.1 Å². The third-order valence-electron chi connectivity index (χ3n) is 5.09. The summed E-state index contributed by atoms with van der Waals surface area (Å²) >= 11 is 0. The van der Waals surface area contributed by atoms with Crippen LogP contribution in [0.15, 0.2) is 86.2 Å². The lowest BCUT2D eigenvalue weighted by Crippen LogP contribution is -2.17. The van der Waals surface area contributed by atoms with Crippen molar-refractivity contribution in [3.63, 3.8) is 0 Å². The fourth-order valence-electron chi connectivity index (χ4n) is 3.39. The molecule has 4 rings (SSSR count). The third-order valence-corrected chi connectivity index (χ3v) is 5.09. The molecule has 0 aliphatic rings. The van der Waals surface area contributed by atoms with Crippen LogP contribution in [0.3, 0.4) is 0 Å². The van der Waals surface area contributed by atoms with E-state index in [-0.39, 0.29) is 12.3 Å². The molecule has 7 heteroatoms. The van der Waals surface area contributed by atoms with Gasteiger partial charge in [-0.3, -0.25) is 9.36 Å². The second-order valence-electron chi connectivity index (χ2n) is 7.70. The number of anilines is 1. The van der Waals surface area contributed by atoms with E-state index in [1.807, 2.05) is 74.5 Å². The van der Waals surface area contributed by atoms with E-state index in [4.69, 9.17) is 4.42 Å². The number of fused-ring (bicyclic) bond motifs is 1. The zero-order chi connectivity index (χ0) is 22.5. The summed E-state index contributed by atoms with van der Waals surface area (Å²) in [7, 11) is 0. The molecule has 0 radical (unpaired) electrons. The Balaban J connectivity index is 1.41. The number of hydrogen-bond acceptors (Lipinski definition) is 5. The maximum absolute atomic E-state index is 12.5. The number of hydrogen-bond donors (Lipinski definition) is 1. The molecule has 0 aliphatic heterocycles. The van der Waals surface area contributed by atoms with E-state index in [0.29, 0.717) is 29.9 Å². The summed E-state index contributed by atoms with van der Waals surface area (Å²) in [5.41, 5.74) is 5.39. The minimum absolute atomic E-state index is 0.151. The molecule has 0 bridgehead atoms. The van der Waals surface area contributed by atoms with Crippen molar-refractivity contribution in [2.75, 3.05) is 5.32 Å². The van der Waals surface area contributed by atoms with Crippen molar-refractivity contribution in [2.45, 2.75) is 33.2 Å². The van der Waals surface area contributed by atoms with Crippen LogP contribution in [0.25, 0.3) is 11.1 Å². The number of amides is 1. The molecule has 32 heavy (non-hydrogen) atoms. The average molecular weight is 428 g/mol. The molecule has 0 atom stereocenters. The Morgan fingerprint density at radius 3 is 2.53 bits per heavy atom. The first kappa shape index (κ1) is 21.2. The van der Waals surface area contributed by atoms with Crippen molar-refractivity contribution in [3.05, 3.63) is 88.4 Å². The number of azo groups is 1. The maximum Gasteiger partial charge on any atom is 0.419 e. The number of aryl methyl sites for hydroxylation is 3. The first-order valence-electron chi connectivity index (χ1n) is 10.5. The number of nitrogens with one attached hydrogen (secondary N) is 1. The fourth-order valence-corrected chi connectivity index (χ4v) is 3.39. The number of aromatic nitrogens is 1. The maximum atomic E-state index is 12.5. The quantitative estimate of drug-likeness (QED) is 0.364. The van der Waals surface area contributed by atoms with Crippen molar-refractivity contribution in [1.29, 1.82) is 0 Å². The number of benzene rings is 3. The van der Waals surface area contributed by atoms with E-state index in [2.05, 4.69) is 15.5 Å². The van der Waals surface area contributed by atoms with Crippen LogP contribution in [0.2, 0.25) is 0 Å². The monoisotopic (exact) mass is 428 g/mol. The highest BCUT2D eigenvalue weighted by Gasteiger charge is 2.11. The Labute approximate surface area is 185 Å². The van der Waals surface area contributed by atoms with Gasteiger partial charge in [-0.1, -0.05) is 35.9 Å². The van der Waals surface area contributed by atoms with Crippen LogP contribution in [0, 0.1) is 13.8 Å². The predicted octanol–water partition coefficient (Wildman–Crippen LogP) is 6.05. The van der Waals surface area contributed by atoms with Gasteiger partial charge >= 0.3 is 5.76 Å². The topological polar surface area (TPSA) is 89.0 Å². The first-order chi connectivity index (χ1) is 15.5. The summed E-state index contributed by atoms with van der Waals surface area (Å²) in [6.07, 6.45) is 0.760. The number of para-hydroxylation sites is 2. The van der Waals surface area contributed by atoms with Gasteiger partial charge in [0.05, 0.1) is 16.9 Å². The van der Waals surface area contributed by atoms with Crippen LogP contribution in [0.1, 0.15) is 24.0 Å². The van der Waals surface area contributed by atoms with Gasteiger partial charge in [0, 0.05) is 13.0 Å². The van der Waals surface area contributed by atoms with Crippen molar-refractivity contribution in [2.24, 2.45) is 10.2 Å². The molecule has 0 unspecified atom stereocenters. The molecule has 1 N–H and O–H groups in total. The molecule has 0 saturated heterocycles. The SMILES string of the molecule is Cc1ccc(N=Nc2cc(C)ccc2NC(=O)CCCn2c(=O)oc3ccccc32)cc1. The minimum Gasteiger partial charge on any atom is -0.408 e. The van der Waals surface area contributed by atoms with Gasteiger partial charge in [-0.2, -0.15) is 5.11 Å². The van der Waals surface area contributed by atoms with Crippen LogP contribution in [-0.2, 0) is 11.3 Å². The second kappa shape index (κ2) is 9.43. The lowest BCUT2D eigenvalue weighted by atomic mass is 10.2. The number of carbonyl (C=O) groups is 1. The van der Waals surface area contributed by atoms with Crippen LogP contribution in [0.5, 0.6) is 0 Å². The Kier molecular flexibility index (Phi) is 6.26. The molecule has 0 fully saturated rings. The van der Waals surface area contributed by atoms with Gasteiger partial charge in [-0.25, -0.2) is 4.79 Å². The summed E-state index contributed by atoms with van der Waals surface area (Å²) in [5, 5.41) is 11.5. The summed E-state index contributed by atoms with van der Waals surface area (Å²) in [5.74, 6) is -0.564. The minimum atomic E-state index is -0.413. The van der Waals surface area contributed by atoms with Gasteiger partial charge in [0.2, 0.25) is 5.91 Å². The molecular weight excluding hydrogens is 404 g/mol. The van der Waals surface area contributed by atoms with Gasteiger partial charge in [0.25, 0.3) is 0 Å². The zero-order valence-corrected chi connectivity index (χ0v) is 18.0. The van der Waals surface area contributed by atoms with Crippen LogP contribution >= 0.6 is 0 Å². The van der Waals surface area contributed by atoms with E-state index in [9.17, 15) is 9.59 Å². The van der Waals surface area contributed by atoms with E-state index in [1.165, 1.54) is 0 Å². The summed E-state index contributed by atoms with van der Waals surface area (Å²) in [4.78, 5) is 24.6. The van der Waals surface area contributed by atoms with Gasteiger partial charge in [-0.05, 0) is 62.2 Å². The van der Waals surface area contributed by atoms with Crippen molar-refractivity contribution < 1.29 is 9.21 Å². The zero-order valence-electron chi connectivity index (χ0n) is 18.0. The second-order valence-corrected chi connectivity index (χ2v) is 7.70. The highest BCUT2D eigenvalue weighted by Crippen LogP contribution is 2.28. The van der Waals surface area contributed by atoms with E-state index >= 15 is 0 Å².